The second kappa shape index (κ2) is 16.6. The van der Waals surface area contributed by atoms with Gasteiger partial charge in [-0.3, -0.25) is 14.9 Å². The van der Waals surface area contributed by atoms with Crippen LogP contribution in [0.4, 0.5) is 4.79 Å². The molecule has 1 rings (SSSR count). The monoisotopic (exact) mass is 389 g/mol. The van der Waals surface area contributed by atoms with Crippen molar-refractivity contribution in [2.45, 2.75) is 82.8 Å². The Bertz CT molecular complexity index is 534. The molecule has 0 aromatic rings. The van der Waals surface area contributed by atoms with E-state index in [9.17, 15) is 9.59 Å². The highest BCUT2D eigenvalue weighted by Gasteiger charge is 2.30. The lowest BCUT2D eigenvalue weighted by molar-refractivity contribution is -0.119. The van der Waals surface area contributed by atoms with Gasteiger partial charge in [0.1, 0.15) is 0 Å². The molecule has 3 nitrogen and oxygen atoms in total. The predicted octanol–water partition coefficient (Wildman–Crippen LogP) is 6.87. The molecular weight excluding hydrogens is 354 g/mol. The standard InChI is InChI=1S/C23H35NO2S/c1-2-3-4-5-6-7-8-9-10-11-12-13-14-15-16-17-18-19-20-21-22(25)24-23(26)27-21/h3-4,6-7,9-10,12-13,21H,2,5,8,11,14-20H2,1H3,(H,24,25,26)/b4-3-,7-6-,10-9-,13-12-. The second-order valence-corrected chi connectivity index (χ2v) is 7.90. The smallest absolute Gasteiger partial charge is 0.286 e. The lowest BCUT2D eigenvalue weighted by Gasteiger charge is -2.04. The summed E-state index contributed by atoms with van der Waals surface area (Å²) in [5.41, 5.74) is 0. The van der Waals surface area contributed by atoms with Crippen LogP contribution >= 0.6 is 11.8 Å². The van der Waals surface area contributed by atoms with Gasteiger partial charge in [0.2, 0.25) is 5.91 Å². The minimum atomic E-state index is -0.192. The molecule has 0 bridgehead atoms. The number of hydrogen-bond acceptors (Lipinski definition) is 3. The number of carbonyl (C=O) groups excluding carboxylic acids is 2. The Balaban J connectivity index is 1.86. The third-order valence-electron chi connectivity index (χ3n) is 4.32. The Hall–Kier alpha value is -1.55. The first-order valence-electron chi connectivity index (χ1n) is 10.4. The summed E-state index contributed by atoms with van der Waals surface area (Å²) in [6.07, 6.45) is 29.8. The van der Waals surface area contributed by atoms with Gasteiger partial charge >= 0.3 is 0 Å². The highest BCUT2D eigenvalue weighted by molar-refractivity contribution is 8.15. The summed E-state index contributed by atoms with van der Waals surface area (Å²) >= 11 is 1.14. The quantitative estimate of drug-likeness (QED) is 0.245. The fourth-order valence-corrected chi connectivity index (χ4v) is 3.67. The zero-order valence-corrected chi connectivity index (χ0v) is 17.5. The molecule has 0 aromatic carbocycles. The Morgan fingerprint density at radius 2 is 1.33 bits per heavy atom. The van der Waals surface area contributed by atoms with Crippen LogP contribution in [-0.2, 0) is 4.79 Å². The molecule has 1 aliphatic heterocycles. The Kier molecular flexibility index (Phi) is 14.5. The molecule has 2 amide bonds. The van der Waals surface area contributed by atoms with Gasteiger partial charge in [-0.2, -0.15) is 0 Å². The molecule has 0 radical (unpaired) electrons. The van der Waals surface area contributed by atoms with Gasteiger partial charge in [0.15, 0.2) is 0 Å². The van der Waals surface area contributed by atoms with Gasteiger partial charge in [-0.05, 0) is 44.9 Å². The lowest BCUT2D eigenvalue weighted by Crippen LogP contribution is -2.23. The topological polar surface area (TPSA) is 46.2 Å². The molecule has 4 heteroatoms. The summed E-state index contributed by atoms with van der Waals surface area (Å²) in [7, 11) is 0. The van der Waals surface area contributed by atoms with Gasteiger partial charge in [-0.15, -0.1) is 0 Å². The van der Waals surface area contributed by atoms with Crippen LogP contribution < -0.4 is 5.32 Å². The molecule has 0 aliphatic carbocycles. The third kappa shape index (κ3) is 13.3. The molecule has 1 N–H and O–H groups in total. The number of imide groups is 1. The van der Waals surface area contributed by atoms with Crippen molar-refractivity contribution in [3.63, 3.8) is 0 Å². The van der Waals surface area contributed by atoms with E-state index < -0.39 is 0 Å². The van der Waals surface area contributed by atoms with Gasteiger partial charge in [0.05, 0.1) is 5.25 Å². The molecule has 1 fully saturated rings. The summed E-state index contributed by atoms with van der Waals surface area (Å²) in [4.78, 5) is 22.5. The largest absolute Gasteiger partial charge is 0.286 e. The van der Waals surface area contributed by atoms with E-state index in [0.717, 1.165) is 63.1 Å². The summed E-state index contributed by atoms with van der Waals surface area (Å²) in [6.45, 7) is 2.15. The molecule has 1 unspecified atom stereocenters. The zero-order chi connectivity index (χ0) is 19.6. The number of unbranched alkanes of at least 4 members (excludes halogenated alkanes) is 5. The normalized spacial score (nSPS) is 18.0. The predicted molar refractivity (Wildman–Crippen MR) is 118 cm³/mol. The number of carbonyl (C=O) groups is 2. The van der Waals surface area contributed by atoms with Crippen molar-refractivity contribution in [2.24, 2.45) is 0 Å². The number of allylic oxidation sites excluding steroid dienone is 8. The van der Waals surface area contributed by atoms with Crippen molar-refractivity contribution in [1.29, 1.82) is 0 Å². The fraction of sp³-hybridized carbons (Fsp3) is 0.565. The minimum absolute atomic E-state index is 0.107. The molecule has 1 aliphatic rings. The van der Waals surface area contributed by atoms with Gasteiger partial charge in [-0.1, -0.05) is 93.0 Å². The van der Waals surface area contributed by atoms with Crippen LogP contribution in [0.3, 0.4) is 0 Å². The number of thioether (sulfide) groups is 1. The van der Waals surface area contributed by atoms with Crippen molar-refractivity contribution in [1.82, 2.24) is 5.32 Å². The van der Waals surface area contributed by atoms with E-state index in [2.05, 4.69) is 60.8 Å². The molecule has 150 valence electrons. The molecule has 0 saturated carbocycles. The van der Waals surface area contributed by atoms with E-state index in [-0.39, 0.29) is 16.4 Å². The van der Waals surface area contributed by atoms with Crippen molar-refractivity contribution in [3.05, 3.63) is 48.6 Å². The Labute approximate surface area is 169 Å². The Morgan fingerprint density at radius 3 is 1.93 bits per heavy atom. The van der Waals surface area contributed by atoms with Crippen LogP contribution in [0.15, 0.2) is 48.6 Å². The highest BCUT2D eigenvalue weighted by Crippen LogP contribution is 2.24. The molecule has 1 heterocycles. The maximum absolute atomic E-state index is 11.4. The molecular formula is C23H35NO2S. The number of rotatable bonds is 15. The first-order valence-corrected chi connectivity index (χ1v) is 11.2. The van der Waals surface area contributed by atoms with Gasteiger partial charge in [0.25, 0.3) is 5.24 Å². The van der Waals surface area contributed by atoms with Crippen molar-refractivity contribution < 1.29 is 9.59 Å². The number of nitrogens with one attached hydrogen (secondary N) is 1. The van der Waals surface area contributed by atoms with Crippen LogP contribution in [0.5, 0.6) is 0 Å². The summed E-state index contributed by atoms with van der Waals surface area (Å²) in [5, 5.41) is 2.00. The van der Waals surface area contributed by atoms with Crippen LogP contribution in [0.1, 0.15) is 77.6 Å². The lowest BCUT2D eigenvalue weighted by atomic mass is 10.1. The summed E-state index contributed by atoms with van der Waals surface area (Å²) < 4.78 is 0. The first kappa shape index (κ1) is 23.5. The maximum atomic E-state index is 11.4. The molecule has 0 spiro atoms. The van der Waals surface area contributed by atoms with Crippen molar-refractivity contribution in [2.75, 3.05) is 0 Å². The van der Waals surface area contributed by atoms with Crippen LogP contribution in [0, 0.1) is 0 Å². The molecule has 1 atom stereocenters. The number of amides is 2. The Morgan fingerprint density at radius 1 is 0.778 bits per heavy atom. The fourth-order valence-electron chi connectivity index (χ4n) is 2.80. The van der Waals surface area contributed by atoms with Crippen molar-refractivity contribution >= 4 is 22.9 Å². The second-order valence-electron chi connectivity index (χ2n) is 6.73. The zero-order valence-electron chi connectivity index (χ0n) is 16.7. The SMILES string of the molecule is CC/C=C\C/C=C\C/C=C\C/C=C\CCCCCCCC1SC(=O)NC1=O. The van der Waals surface area contributed by atoms with Crippen molar-refractivity contribution in [3.8, 4) is 0 Å². The summed E-state index contributed by atoms with van der Waals surface area (Å²) in [5.74, 6) is -0.107. The van der Waals surface area contributed by atoms with E-state index in [1.165, 1.54) is 19.3 Å². The average molecular weight is 390 g/mol. The van der Waals surface area contributed by atoms with Crippen LogP contribution in [0.2, 0.25) is 0 Å². The van der Waals surface area contributed by atoms with E-state index in [1.807, 2.05) is 0 Å². The van der Waals surface area contributed by atoms with E-state index >= 15 is 0 Å². The van der Waals surface area contributed by atoms with Gasteiger partial charge < -0.3 is 0 Å². The third-order valence-corrected chi connectivity index (χ3v) is 5.37. The number of hydrogen-bond donors (Lipinski definition) is 1. The van der Waals surface area contributed by atoms with Gasteiger partial charge in [0, 0.05) is 0 Å². The summed E-state index contributed by atoms with van der Waals surface area (Å²) in [6, 6.07) is 0. The molecule has 0 aromatic heterocycles. The van der Waals surface area contributed by atoms with Gasteiger partial charge in [-0.25, -0.2) is 0 Å². The highest BCUT2D eigenvalue weighted by atomic mass is 32.2. The first-order chi connectivity index (χ1) is 13.2. The van der Waals surface area contributed by atoms with E-state index in [0.29, 0.717) is 0 Å². The average Bonchev–Trinajstić information content (AvgIpc) is 2.98. The van der Waals surface area contributed by atoms with Crippen LogP contribution in [-0.4, -0.2) is 16.4 Å². The maximum Gasteiger partial charge on any atom is 0.286 e. The van der Waals surface area contributed by atoms with E-state index in [1.54, 1.807) is 0 Å². The van der Waals surface area contributed by atoms with Crippen LogP contribution in [0.25, 0.3) is 0 Å². The molecule has 1 saturated heterocycles. The molecule has 27 heavy (non-hydrogen) atoms. The van der Waals surface area contributed by atoms with E-state index in [4.69, 9.17) is 0 Å². The minimum Gasteiger partial charge on any atom is -0.286 e.